The Morgan fingerprint density at radius 1 is 1.14 bits per heavy atom. The smallest absolute Gasteiger partial charge is 0.286 e. The van der Waals surface area contributed by atoms with Crippen LogP contribution in [0.3, 0.4) is 0 Å². The van der Waals surface area contributed by atoms with Gasteiger partial charge in [-0.2, -0.15) is 0 Å². The van der Waals surface area contributed by atoms with Crippen molar-refractivity contribution in [3.05, 3.63) is 69.1 Å². The first-order chi connectivity index (χ1) is 13.2. The first-order valence-electron chi connectivity index (χ1n) is 7.58. The Balaban J connectivity index is 1.66. The number of benzene rings is 2. The Kier molecular flexibility index (Phi) is 5.98. The van der Waals surface area contributed by atoms with Gasteiger partial charge in [0, 0.05) is 11.1 Å². The summed E-state index contributed by atoms with van der Waals surface area (Å²) in [5, 5.41) is 10.0. The number of aromatic nitrogens is 2. The van der Waals surface area contributed by atoms with Gasteiger partial charge in [-0.15, -0.1) is 10.2 Å². The summed E-state index contributed by atoms with van der Waals surface area (Å²) in [6.45, 7) is -0.204. The summed E-state index contributed by atoms with van der Waals surface area (Å²) in [6.07, 6.45) is 0. The lowest BCUT2D eigenvalue weighted by Gasteiger charge is -2.05. The van der Waals surface area contributed by atoms with Crippen molar-refractivity contribution in [1.29, 1.82) is 0 Å². The standard InChI is InChI=1S/C16H11ClF2N4O3S2/c17-9-2-1-3-11(6-9)28(25,26)20-8-14-22-23-16(27-14)15(24)21-13-5-4-10(18)7-12(13)19/h1-7,20H,8H2,(H,21,24). The molecule has 0 aliphatic carbocycles. The van der Waals surface area contributed by atoms with E-state index in [1.165, 1.54) is 18.2 Å². The molecule has 1 heterocycles. The van der Waals surface area contributed by atoms with Crippen LogP contribution < -0.4 is 10.0 Å². The van der Waals surface area contributed by atoms with Gasteiger partial charge in [-0.3, -0.25) is 4.79 Å². The normalized spacial score (nSPS) is 11.4. The Hall–Kier alpha value is -2.47. The number of rotatable bonds is 6. The van der Waals surface area contributed by atoms with Crippen LogP contribution in [-0.4, -0.2) is 24.5 Å². The molecule has 12 heteroatoms. The molecular weight excluding hydrogens is 434 g/mol. The highest BCUT2D eigenvalue weighted by molar-refractivity contribution is 7.89. The van der Waals surface area contributed by atoms with Gasteiger partial charge in [0.2, 0.25) is 15.0 Å². The maximum Gasteiger partial charge on any atom is 0.286 e. The molecule has 0 spiro atoms. The van der Waals surface area contributed by atoms with E-state index >= 15 is 0 Å². The van der Waals surface area contributed by atoms with Crippen LogP contribution in [0.4, 0.5) is 14.5 Å². The fourth-order valence-electron chi connectivity index (χ4n) is 2.06. The minimum atomic E-state index is -3.83. The van der Waals surface area contributed by atoms with Gasteiger partial charge in [0.05, 0.1) is 17.1 Å². The molecule has 1 aromatic heterocycles. The highest BCUT2D eigenvalue weighted by Crippen LogP contribution is 2.19. The average molecular weight is 445 g/mol. The van der Waals surface area contributed by atoms with E-state index in [1.54, 1.807) is 6.07 Å². The zero-order valence-electron chi connectivity index (χ0n) is 13.8. The molecule has 3 rings (SSSR count). The Morgan fingerprint density at radius 3 is 2.64 bits per heavy atom. The van der Waals surface area contributed by atoms with E-state index < -0.39 is 27.6 Å². The predicted molar refractivity (Wildman–Crippen MR) is 99.7 cm³/mol. The number of amides is 1. The number of anilines is 1. The van der Waals surface area contributed by atoms with Gasteiger partial charge in [0.25, 0.3) is 5.91 Å². The fraction of sp³-hybridized carbons (Fsp3) is 0.0625. The second-order valence-corrected chi connectivity index (χ2v) is 8.63. The lowest BCUT2D eigenvalue weighted by molar-refractivity contribution is 0.102. The largest absolute Gasteiger partial charge is 0.317 e. The van der Waals surface area contributed by atoms with Crippen LogP contribution in [0.1, 0.15) is 14.8 Å². The minimum Gasteiger partial charge on any atom is -0.317 e. The van der Waals surface area contributed by atoms with Gasteiger partial charge in [-0.05, 0) is 30.3 Å². The van der Waals surface area contributed by atoms with Crippen LogP contribution in [-0.2, 0) is 16.6 Å². The van der Waals surface area contributed by atoms with E-state index in [4.69, 9.17) is 11.6 Å². The molecule has 2 aromatic carbocycles. The molecule has 0 aliphatic heterocycles. The lowest BCUT2D eigenvalue weighted by Crippen LogP contribution is -2.23. The molecule has 0 atom stereocenters. The highest BCUT2D eigenvalue weighted by Gasteiger charge is 2.18. The van der Waals surface area contributed by atoms with Crippen molar-refractivity contribution in [3.8, 4) is 0 Å². The number of sulfonamides is 1. The number of hydrogen-bond acceptors (Lipinski definition) is 6. The maximum atomic E-state index is 13.6. The number of nitrogens with one attached hydrogen (secondary N) is 2. The van der Waals surface area contributed by atoms with Gasteiger partial charge < -0.3 is 5.32 Å². The van der Waals surface area contributed by atoms with Crippen LogP contribution in [0, 0.1) is 11.6 Å². The summed E-state index contributed by atoms with van der Waals surface area (Å²) in [5.74, 6) is -2.47. The Labute approximate surface area is 167 Å². The Morgan fingerprint density at radius 2 is 1.93 bits per heavy atom. The lowest BCUT2D eigenvalue weighted by atomic mass is 10.3. The fourth-order valence-corrected chi connectivity index (χ4v) is 4.11. The molecule has 2 N–H and O–H groups in total. The minimum absolute atomic E-state index is 0.0192. The van der Waals surface area contributed by atoms with Crippen LogP contribution in [0.2, 0.25) is 5.02 Å². The summed E-state index contributed by atoms with van der Waals surface area (Å²) in [7, 11) is -3.83. The van der Waals surface area contributed by atoms with Crippen LogP contribution in [0.25, 0.3) is 0 Å². The summed E-state index contributed by atoms with van der Waals surface area (Å²) in [4.78, 5) is 12.1. The molecule has 0 fully saturated rings. The Bertz CT molecular complexity index is 1140. The van der Waals surface area contributed by atoms with Gasteiger partial charge >= 0.3 is 0 Å². The molecular formula is C16H11ClF2N4O3S2. The second kappa shape index (κ2) is 8.27. The van der Waals surface area contributed by atoms with E-state index in [9.17, 15) is 22.0 Å². The highest BCUT2D eigenvalue weighted by atomic mass is 35.5. The monoisotopic (exact) mass is 444 g/mol. The van der Waals surface area contributed by atoms with E-state index in [1.807, 2.05) is 0 Å². The van der Waals surface area contributed by atoms with Gasteiger partial charge in [-0.25, -0.2) is 21.9 Å². The third-order valence-electron chi connectivity index (χ3n) is 3.36. The molecule has 1 amide bonds. The van der Waals surface area contributed by atoms with Crippen molar-refractivity contribution < 1.29 is 22.0 Å². The van der Waals surface area contributed by atoms with E-state index in [0.29, 0.717) is 6.07 Å². The van der Waals surface area contributed by atoms with E-state index in [2.05, 4.69) is 20.2 Å². The molecule has 3 aromatic rings. The predicted octanol–water partition coefficient (Wildman–Crippen LogP) is 3.20. The summed E-state index contributed by atoms with van der Waals surface area (Å²) in [6, 6.07) is 8.41. The number of carbonyl (C=O) groups is 1. The molecule has 0 saturated heterocycles. The average Bonchev–Trinajstić information content (AvgIpc) is 3.12. The first-order valence-corrected chi connectivity index (χ1v) is 10.3. The molecule has 7 nitrogen and oxygen atoms in total. The summed E-state index contributed by atoms with van der Waals surface area (Å²) < 4.78 is 53.3. The molecule has 146 valence electrons. The van der Waals surface area contributed by atoms with Crippen LogP contribution >= 0.6 is 22.9 Å². The third kappa shape index (κ3) is 4.87. The molecule has 0 saturated carbocycles. The second-order valence-electron chi connectivity index (χ2n) is 5.36. The van der Waals surface area contributed by atoms with E-state index in [0.717, 1.165) is 23.5 Å². The maximum absolute atomic E-state index is 13.6. The van der Waals surface area contributed by atoms with Gasteiger partial charge in [0.1, 0.15) is 16.6 Å². The zero-order valence-corrected chi connectivity index (χ0v) is 16.2. The third-order valence-corrected chi connectivity index (χ3v) is 5.92. The van der Waals surface area contributed by atoms with E-state index in [-0.39, 0.29) is 32.2 Å². The number of hydrogen-bond donors (Lipinski definition) is 2. The molecule has 0 aliphatic rings. The van der Waals surface area contributed by atoms with Crippen molar-refractivity contribution in [1.82, 2.24) is 14.9 Å². The number of nitrogens with zero attached hydrogens (tertiary/aromatic N) is 2. The van der Waals surface area contributed by atoms with Crippen molar-refractivity contribution in [2.75, 3.05) is 5.32 Å². The molecule has 0 bridgehead atoms. The van der Waals surface area contributed by atoms with Crippen molar-refractivity contribution in [2.24, 2.45) is 0 Å². The first kappa shape index (κ1) is 20.3. The molecule has 0 radical (unpaired) electrons. The van der Waals surface area contributed by atoms with Gasteiger partial charge in [-0.1, -0.05) is 29.0 Å². The number of carbonyl (C=O) groups excluding carboxylic acids is 1. The summed E-state index contributed by atoms with van der Waals surface area (Å²) >= 11 is 6.61. The van der Waals surface area contributed by atoms with Crippen molar-refractivity contribution in [2.45, 2.75) is 11.4 Å². The van der Waals surface area contributed by atoms with Crippen LogP contribution in [0.15, 0.2) is 47.4 Å². The topological polar surface area (TPSA) is 101 Å². The number of halogens is 3. The molecule has 0 unspecified atom stereocenters. The SMILES string of the molecule is O=C(Nc1ccc(F)cc1F)c1nnc(CNS(=O)(=O)c2cccc(Cl)c2)s1. The van der Waals surface area contributed by atoms with Crippen molar-refractivity contribution >= 4 is 44.6 Å². The van der Waals surface area contributed by atoms with Crippen molar-refractivity contribution in [3.63, 3.8) is 0 Å². The van der Waals surface area contributed by atoms with Gasteiger partial charge in [0.15, 0.2) is 0 Å². The summed E-state index contributed by atoms with van der Waals surface area (Å²) in [5.41, 5.74) is -0.218. The zero-order chi connectivity index (χ0) is 20.3. The quantitative estimate of drug-likeness (QED) is 0.608. The van der Waals surface area contributed by atoms with Crippen LogP contribution in [0.5, 0.6) is 0 Å². The molecule has 28 heavy (non-hydrogen) atoms.